The lowest BCUT2D eigenvalue weighted by Gasteiger charge is -2.37. The fourth-order valence-corrected chi connectivity index (χ4v) is 2.69. The lowest BCUT2D eigenvalue weighted by Crippen LogP contribution is -2.44. The van der Waals surface area contributed by atoms with Crippen molar-refractivity contribution < 1.29 is 9.47 Å². The Morgan fingerprint density at radius 1 is 1.24 bits per heavy atom. The molecule has 0 heterocycles. The topological polar surface area (TPSA) is 56.5 Å². The van der Waals surface area contributed by atoms with Crippen molar-refractivity contribution in [3.63, 3.8) is 0 Å². The van der Waals surface area contributed by atoms with Gasteiger partial charge in [-0.3, -0.25) is 11.3 Å². The summed E-state index contributed by atoms with van der Waals surface area (Å²) in [6, 6.07) is 4.05. The molecule has 4 nitrogen and oxygen atoms in total. The fourth-order valence-electron chi connectivity index (χ4n) is 2.69. The molecule has 0 bridgehead atoms. The van der Waals surface area contributed by atoms with Gasteiger partial charge >= 0.3 is 0 Å². The van der Waals surface area contributed by atoms with Crippen LogP contribution in [0.2, 0.25) is 0 Å². The minimum Gasteiger partial charge on any atom is -0.496 e. The second kappa shape index (κ2) is 7.25. The van der Waals surface area contributed by atoms with Crippen molar-refractivity contribution in [2.75, 3.05) is 13.7 Å². The third-order valence-electron chi connectivity index (χ3n) is 3.93. The van der Waals surface area contributed by atoms with Gasteiger partial charge in [0.05, 0.1) is 19.3 Å². The van der Waals surface area contributed by atoms with Gasteiger partial charge in [-0.15, -0.1) is 0 Å². The van der Waals surface area contributed by atoms with E-state index in [9.17, 15) is 0 Å². The quantitative estimate of drug-likeness (QED) is 0.624. The van der Waals surface area contributed by atoms with Crippen LogP contribution >= 0.6 is 0 Å². The second-order valence-corrected chi connectivity index (χ2v) is 6.52. The number of aryl methyl sites for hydroxylation is 1. The number of nitrogens with two attached hydrogens (primary N) is 1. The van der Waals surface area contributed by atoms with E-state index in [0.29, 0.717) is 6.61 Å². The highest BCUT2D eigenvalue weighted by Gasteiger charge is 2.35. The van der Waals surface area contributed by atoms with E-state index in [0.717, 1.165) is 16.9 Å². The van der Waals surface area contributed by atoms with Crippen LogP contribution in [-0.4, -0.2) is 19.8 Å². The molecule has 2 atom stereocenters. The average molecular weight is 294 g/mol. The van der Waals surface area contributed by atoms with Crippen molar-refractivity contribution in [3.05, 3.63) is 28.8 Å². The van der Waals surface area contributed by atoms with Gasteiger partial charge in [0, 0.05) is 12.2 Å². The Balaban J connectivity index is 3.35. The van der Waals surface area contributed by atoms with Crippen molar-refractivity contribution in [3.8, 4) is 5.75 Å². The van der Waals surface area contributed by atoms with Gasteiger partial charge in [0.15, 0.2) is 0 Å². The number of hydrogen-bond acceptors (Lipinski definition) is 4. The Morgan fingerprint density at radius 2 is 1.86 bits per heavy atom. The SMILES string of the molecule is CCOC(C(NN)c1ccc(C)c(C)c1OC)C(C)(C)C. The molecular formula is C17H30N2O2. The van der Waals surface area contributed by atoms with Crippen LogP contribution in [0.3, 0.4) is 0 Å². The maximum atomic E-state index is 5.99. The van der Waals surface area contributed by atoms with Gasteiger partial charge in [-0.25, -0.2) is 0 Å². The lowest BCUT2D eigenvalue weighted by molar-refractivity contribution is -0.0370. The smallest absolute Gasteiger partial charge is 0.126 e. The van der Waals surface area contributed by atoms with E-state index in [-0.39, 0.29) is 17.6 Å². The summed E-state index contributed by atoms with van der Waals surface area (Å²) in [5.41, 5.74) is 6.26. The van der Waals surface area contributed by atoms with Gasteiger partial charge in [-0.2, -0.15) is 0 Å². The van der Waals surface area contributed by atoms with E-state index in [4.69, 9.17) is 15.3 Å². The molecule has 21 heavy (non-hydrogen) atoms. The first kappa shape index (κ1) is 18.0. The Kier molecular flexibility index (Phi) is 6.20. The van der Waals surface area contributed by atoms with Crippen molar-refractivity contribution in [2.24, 2.45) is 11.3 Å². The van der Waals surface area contributed by atoms with Crippen molar-refractivity contribution in [1.29, 1.82) is 0 Å². The maximum Gasteiger partial charge on any atom is 0.126 e. The minimum atomic E-state index is -0.126. The predicted octanol–water partition coefficient (Wildman–Crippen LogP) is 3.27. The van der Waals surface area contributed by atoms with Crippen LogP contribution in [-0.2, 0) is 4.74 Å². The molecule has 0 aliphatic rings. The predicted molar refractivity (Wildman–Crippen MR) is 87.4 cm³/mol. The third kappa shape index (κ3) is 3.96. The van der Waals surface area contributed by atoms with E-state index < -0.39 is 0 Å². The van der Waals surface area contributed by atoms with E-state index >= 15 is 0 Å². The zero-order chi connectivity index (χ0) is 16.2. The molecule has 0 amide bonds. The molecule has 3 N–H and O–H groups in total. The molecule has 0 radical (unpaired) electrons. The lowest BCUT2D eigenvalue weighted by atomic mass is 9.81. The molecule has 0 aromatic heterocycles. The number of methoxy groups -OCH3 is 1. The number of benzene rings is 1. The van der Waals surface area contributed by atoms with Gasteiger partial charge < -0.3 is 9.47 Å². The molecule has 0 spiro atoms. The molecule has 1 rings (SSSR count). The fraction of sp³-hybridized carbons (Fsp3) is 0.647. The summed E-state index contributed by atoms with van der Waals surface area (Å²) in [7, 11) is 1.70. The van der Waals surface area contributed by atoms with Crippen LogP contribution in [0.15, 0.2) is 12.1 Å². The zero-order valence-corrected chi connectivity index (χ0v) is 14.4. The number of ether oxygens (including phenoxy) is 2. The van der Waals surface area contributed by atoms with E-state index in [1.54, 1.807) is 7.11 Å². The number of nitrogens with one attached hydrogen (secondary N) is 1. The molecular weight excluding hydrogens is 264 g/mol. The molecule has 1 aromatic rings. The summed E-state index contributed by atoms with van der Waals surface area (Å²) in [6.45, 7) is 13.3. The first-order valence-corrected chi connectivity index (χ1v) is 7.49. The minimum absolute atomic E-state index is 0.0448. The van der Waals surface area contributed by atoms with Crippen LogP contribution in [0, 0.1) is 19.3 Å². The third-order valence-corrected chi connectivity index (χ3v) is 3.93. The van der Waals surface area contributed by atoms with Gasteiger partial charge in [0.2, 0.25) is 0 Å². The molecule has 0 saturated heterocycles. The molecule has 0 aliphatic carbocycles. The van der Waals surface area contributed by atoms with Gasteiger partial charge in [-0.1, -0.05) is 32.9 Å². The summed E-state index contributed by atoms with van der Waals surface area (Å²) < 4.78 is 11.6. The molecule has 4 heteroatoms. The largest absolute Gasteiger partial charge is 0.496 e. The number of hydrogen-bond donors (Lipinski definition) is 2. The standard InChI is InChI=1S/C17H30N2O2/c1-8-21-16(17(4,5)6)14(19-18)13-10-9-11(2)12(3)15(13)20-7/h9-10,14,16,19H,8,18H2,1-7H3. The first-order valence-electron chi connectivity index (χ1n) is 7.49. The Morgan fingerprint density at radius 3 is 2.29 bits per heavy atom. The first-order chi connectivity index (χ1) is 9.77. The van der Waals surface area contributed by atoms with Crippen LogP contribution in [0.1, 0.15) is 50.4 Å². The zero-order valence-electron chi connectivity index (χ0n) is 14.4. The monoisotopic (exact) mass is 294 g/mol. The van der Waals surface area contributed by atoms with Crippen LogP contribution in [0.25, 0.3) is 0 Å². The van der Waals surface area contributed by atoms with E-state index in [1.165, 1.54) is 5.56 Å². The summed E-state index contributed by atoms with van der Waals surface area (Å²) in [6.07, 6.45) is -0.0523. The van der Waals surface area contributed by atoms with Crippen LogP contribution in [0.5, 0.6) is 5.75 Å². The van der Waals surface area contributed by atoms with Crippen LogP contribution in [0.4, 0.5) is 0 Å². The normalized spacial score (nSPS) is 14.9. The molecule has 120 valence electrons. The molecule has 0 aliphatic heterocycles. The highest BCUT2D eigenvalue weighted by Crippen LogP contribution is 2.38. The highest BCUT2D eigenvalue weighted by molar-refractivity contribution is 5.47. The second-order valence-electron chi connectivity index (χ2n) is 6.52. The Hall–Kier alpha value is -1.10. The molecule has 0 fully saturated rings. The summed E-state index contributed by atoms with van der Waals surface area (Å²) in [4.78, 5) is 0. The van der Waals surface area contributed by atoms with Crippen molar-refractivity contribution in [2.45, 2.75) is 53.7 Å². The Labute approximate surface area is 129 Å². The van der Waals surface area contributed by atoms with E-state index in [2.05, 4.69) is 52.2 Å². The summed E-state index contributed by atoms with van der Waals surface area (Å²) in [5, 5.41) is 0. The van der Waals surface area contributed by atoms with Crippen molar-refractivity contribution in [1.82, 2.24) is 5.43 Å². The Bertz CT molecular complexity index is 467. The molecule has 2 unspecified atom stereocenters. The van der Waals surface area contributed by atoms with E-state index in [1.807, 2.05) is 6.92 Å². The van der Waals surface area contributed by atoms with Crippen molar-refractivity contribution >= 4 is 0 Å². The number of rotatable bonds is 6. The summed E-state index contributed by atoms with van der Waals surface area (Å²) in [5.74, 6) is 6.74. The maximum absolute atomic E-state index is 5.99. The average Bonchev–Trinajstić information content (AvgIpc) is 2.41. The van der Waals surface area contributed by atoms with Gasteiger partial charge in [0.1, 0.15) is 5.75 Å². The molecule has 1 aromatic carbocycles. The molecule has 0 saturated carbocycles. The van der Waals surface area contributed by atoms with Gasteiger partial charge in [-0.05, 0) is 37.3 Å². The van der Waals surface area contributed by atoms with Crippen LogP contribution < -0.4 is 16.0 Å². The van der Waals surface area contributed by atoms with Gasteiger partial charge in [0.25, 0.3) is 0 Å². The number of hydrazine groups is 1. The summed E-state index contributed by atoms with van der Waals surface area (Å²) >= 11 is 0. The highest BCUT2D eigenvalue weighted by atomic mass is 16.5.